The number of ether oxygens (including phenoxy) is 1. The summed E-state index contributed by atoms with van der Waals surface area (Å²) in [7, 11) is 6.12. The minimum atomic E-state index is 0.952. The lowest BCUT2D eigenvalue weighted by Gasteiger charge is -2.12. The van der Waals surface area contributed by atoms with E-state index in [1.54, 1.807) is 7.11 Å². The predicted molar refractivity (Wildman–Crippen MR) is 74.4 cm³/mol. The monoisotopic (exact) mass is 244 g/mol. The largest absolute Gasteiger partial charge is 0.497 e. The van der Waals surface area contributed by atoms with E-state index in [-0.39, 0.29) is 0 Å². The molecule has 0 N–H and O–H groups in total. The van der Waals surface area contributed by atoms with Gasteiger partial charge in [0.15, 0.2) is 0 Å². The van der Waals surface area contributed by atoms with Gasteiger partial charge in [0.2, 0.25) is 0 Å². The van der Waals surface area contributed by atoms with E-state index < -0.39 is 0 Å². The first-order chi connectivity index (χ1) is 8.70. The van der Waals surface area contributed by atoms with Gasteiger partial charge in [0, 0.05) is 43.2 Å². The zero-order valence-electron chi connectivity index (χ0n) is 11.4. The predicted octanol–water partition coefficient (Wildman–Crippen LogP) is 2.22. The SMILES string of the molecule is COc1ccc2c(c1)c1c(n2C)CCN(C)CC1. The van der Waals surface area contributed by atoms with E-state index in [9.17, 15) is 0 Å². The van der Waals surface area contributed by atoms with E-state index in [1.165, 1.54) is 22.2 Å². The minimum Gasteiger partial charge on any atom is -0.497 e. The lowest BCUT2D eigenvalue weighted by atomic mass is 10.1. The van der Waals surface area contributed by atoms with Crippen LogP contribution in [-0.2, 0) is 19.9 Å². The van der Waals surface area contributed by atoms with Gasteiger partial charge in [-0.25, -0.2) is 0 Å². The van der Waals surface area contributed by atoms with E-state index in [2.05, 4.69) is 35.7 Å². The highest BCUT2D eigenvalue weighted by Crippen LogP contribution is 2.30. The lowest BCUT2D eigenvalue weighted by Crippen LogP contribution is -2.21. The highest BCUT2D eigenvalue weighted by atomic mass is 16.5. The maximum Gasteiger partial charge on any atom is 0.119 e. The molecule has 0 aliphatic carbocycles. The van der Waals surface area contributed by atoms with Crippen LogP contribution in [0.15, 0.2) is 18.2 Å². The maximum atomic E-state index is 5.36. The molecule has 0 spiro atoms. The van der Waals surface area contributed by atoms with Gasteiger partial charge in [-0.2, -0.15) is 0 Å². The molecular weight excluding hydrogens is 224 g/mol. The van der Waals surface area contributed by atoms with Gasteiger partial charge < -0.3 is 14.2 Å². The molecule has 0 amide bonds. The number of aryl methyl sites for hydroxylation is 1. The van der Waals surface area contributed by atoms with Gasteiger partial charge in [0.1, 0.15) is 5.75 Å². The maximum absolute atomic E-state index is 5.36. The Labute approximate surface area is 108 Å². The van der Waals surface area contributed by atoms with E-state index in [0.717, 1.165) is 31.7 Å². The smallest absolute Gasteiger partial charge is 0.119 e. The molecule has 0 bridgehead atoms. The zero-order valence-corrected chi connectivity index (χ0v) is 11.4. The van der Waals surface area contributed by atoms with Crippen LogP contribution in [0.1, 0.15) is 11.3 Å². The van der Waals surface area contributed by atoms with Crippen LogP contribution in [-0.4, -0.2) is 36.7 Å². The van der Waals surface area contributed by atoms with E-state index in [4.69, 9.17) is 4.74 Å². The summed E-state index contributed by atoms with van der Waals surface area (Å²) in [6.07, 6.45) is 2.27. The molecule has 1 aromatic heterocycles. The van der Waals surface area contributed by atoms with Gasteiger partial charge in [-0.3, -0.25) is 0 Å². The number of benzene rings is 1. The van der Waals surface area contributed by atoms with Crippen molar-refractivity contribution >= 4 is 10.9 Å². The minimum absolute atomic E-state index is 0.952. The molecule has 2 aromatic rings. The number of hydrogen-bond donors (Lipinski definition) is 0. The van der Waals surface area contributed by atoms with Gasteiger partial charge in [0.05, 0.1) is 7.11 Å². The van der Waals surface area contributed by atoms with Crippen molar-refractivity contribution in [1.82, 2.24) is 9.47 Å². The molecule has 1 aromatic carbocycles. The summed E-state index contributed by atoms with van der Waals surface area (Å²) >= 11 is 0. The number of nitrogens with zero attached hydrogens (tertiary/aromatic N) is 2. The van der Waals surface area contributed by atoms with Crippen LogP contribution in [0.2, 0.25) is 0 Å². The Morgan fingerprint density at radius 3 is 2.67 bits per heavy atom. The average molecular weight is 244 g/mol. The van der Waals surface area contributed by atoms with Crippen molar-refractivity contribution in [2.24, 2.45) is 7.05 Å². The summed E-state index contributed by atoms with van der Waals surface area (Å²) in [4.78, 5) is 2.41. The second kappa shape index (κ2) is 4.32. The van der Waals surface area contributed by atoms with Crippen molar-refractivity contribution in [2.75, 3.05) is 27.2 Å². The number of likely N-dealkylation sites (N-methyl/N-ethyl adjacent to an activating group) is 1. The molecule has 1 aliphatic rings. The standard InChI is InChI=1S/C15H20N2O/c1-16-8-6-12-13-10-11(18-3)4-5-14(13)17(2)15(12)7-9-16/h4-5,10H,6-9H2,1-3H3. The Kier molecular flexibility index (Phi) is 2.78. The van der Waals surface area contributed by atoms with E-state index in [0.29, 0.717) is 0 Å². The van der Waals surface area contributed by atoms with E-state index in [1.807, 2.05) is 6.07 Å². The molecule has 0 unspecified atom stereocenters. The Morgan fingerprint density at radius 2 is 1.89 bits per heavy atom. The van der Waals surface area contributed by atoms with Crippen molar-refractivity contribution in [3.63, 3.8) is 0 Å². The highest BCUT2D eigenvalue weighted by Gasteiger charge is 2.19. The Morgan fingerprint density at radius 1 is 1.11 bits per heavy atom. The van der Waals surface area contributed by atoms with Gasteiger partial charge in [0.25, 0.3) is 0 Å². The third-order valence-corrected chi connectivity index (χ3v) is 4.12. The van der Waals surface area contributed by atoms with Gasteiger partial charge in [-0.15, -0.1) is 0 Å². The summed E-state index contributed by atoms with van der Waals surface area (Å²) in [6, 6.07) is 6.40. The number of aromatic nitrogens is 1. The summed E-state index contributed by atoms with van der Waals surface area (Å²) in [6.45, 7) is 2.29. The Hall–Kier alpha value is -1.48. The molecule has 3 rings (SSSR count). The molecule has 3 nitrogen and oxygen atoms in total. The highest BCUT2D eigenvalue weighted by molar-refractivity contribution is 5.87. The van der Waals surface area contributed by atoms with Crippen LogP contribution in [0.5, 0.6) is 5.75 Å². The van der Waals surface area contributed by atoms with Crippen molar-refractivity contribution < 1.29 is 4.74 Å². The third-order valence-electron chi connectivity index (χ3n) is 4.12. The molecular formula is C15H20N2O. The van der Waals surface area contributed by atoms with Crippen LogP contribution >= 0.6 is 0 Å². The summed E-state index contributed by atoms with van der Waals surface area (Å²) in [5.41, 5.74) is 4.32. The van der Waals surface area contributed by atoms with Crippen LogP contribution in [0.3, 0.4) is 0 Å². The van der Waals surface area contributed by atoms with Crippen molar-refractivity contribution in [3.8, 4) is 5.75 Å². The molecule has 0 fully saturated rings. The number of hydrogen-bond acceptors (Lipinski definition) is 2. The average Bonchev–Trinajstić information content (AvgIpc) is 2.53. The second-order valence-corrected chi connectivity index (χ2v) is 5.17. The topological polar surface area (TPSA) is 17.4 Å². The molecule has 1 aliphatic heterocycles. The molecule has 0 radical (unpaired) electrons. The number of fused-ring (bicyclic) bond motifs is 3. The van der Waals surface area contributed by atoms with Crippen LogP contribution in [0.4, 0.5) is 0 Å². The first kappa shape index (κ1) is 11.6. The fourth-order valence-corrected chi connectivity index (χ4v) is 2.99. The Balaban J connectivity index is 2.20. The normalized spacial score (nSPS) is 16.6. The fraction of sp³-hybridized carbons (Fsp3) is 0.467. The van der Waals surface area contributed by atoms with Crippen molar-refractivity contribution in [1.29, 1.82) is 0 Å². The van der Waals surface area contributed by atoms with Crippen molar-refractivity contribution in [3.05, 3.63) is 29.5 Å². The van der Waals surface area contributed by atoms with Crippen molar-refractivity contribution in [2.45, 2.75) is 12.8 Å². The molecule has 2 heterocycles. The summed E-state index contributed by atoms with van der Waals surface area (Å²) in [5.74, 6) is 0.952. The fourth-order valence-electron chi connectivity index (χ4n) is 2.99. The lowest BCUT2D eigenvalue weighted by molar-refractivity contribution is 0.351. The van der Waals surface area contributed by atoms with Crippen LogP contribution in [0.25, 0.3) is 10.9 Å². The van der Waals surface area contributed by atoms with Gasteiger partial charge in [-0.1, -0.05) is 0 Å². The molecule has 96 valence electrons. The third kappa shape index (κ3) is 1.70. The first-order valence-electron chi connectivity index (χ1n) is 6.53. The Bertz CT molecular complexity index is 586. The summed E-state index contributed by atoms with van der Waals surface area (Å²) in [5, 5.41) is 1.36. The van der Waals surface area contributed by atoms with E-state index >= 15 is 0 Å². The first-order valence-corrected chi connectivity index (χ1v) is 6.53. The second-order valence-electron chi connectivity index (χ2n) is 5.17. The number of rotatable bonds is 1. The zero-order chi connectivity index (χ0) is 12.7. The molecule has 0 atom stereocenters. The molecule has 3 heteroatoms. The quantitative estimate of drug-likeness (QED) is 0.765. The molecule has 0 saturated heterocycles. The van der Waals surface area contributed by atoms with Crippen LogP contribution < -0.4 is 4.74 Å². The van der Waals surface area contributed by atoms with Crippen LogP contribution in [0, 0.1) is 0 Å². The summed E-state index contributed by atoms with van der Waals surface area (Å²) < 4.78 is 7.71. The molecule has 0 saturated carbocycles. The van der Waals surface area contributed by atoms with Gasteiger partial charge in [-0.05, 0) is 37.2 Å². The molecule has 18 heavy (non-hydrogen) atoms. The van der Waals surface area contributed by atoms with Gasteiger partial charge >= 0.3 is 0 Å². The number of methoxy groups -OCH3 is 1.